The van der Waals surface area contributed by atoms with E-state index in [0.717, 1.165) is 12.8 Å². The third kappa shape index (κ3) is 12.4. The zero-order valence-electron chi connectivity index (χ0n) is 14.9. The van der Waals surface area contributed by atoms with E-state index in [-0.39, 0.29) is 31.4 Å². The van der Waals surface area contributed by atoms with E-state index in [9.17, 15) is 10.2 Å². The number of unbranched alkanes of at least 4 members (excludes halogenated alkanes) is 9. The van der Waals surface area contributed by atoms with Crippen molar-refractivity contribution in [3.63, 3.8) is 0 Å². The molecule has 0 fully saturated rings. The van der Waals surface area contributed by atoms with Crippen LogP contribution in [0.25, 0.3) is 0 Å². The van der Waals surface area contributed by atoms with Gasteiger partial charge in [-0.1, -0.05) is 71.1 Å². The van der Waals surface area contributed by atoms with Gasteiger partial charge in [0.2, 0.25) is 0 Å². The maximum atomic E-state index is 9.51. The van der Waals surface area contributed by atoms with Crippen LogP contribution < -0.4 is 6.15 Å². The average molecular weight is 320 g/mol. The van der Waals surface area contributed by atoms with E-state index < -0.39 is 0 Å². The summed E-state index contributed by atoms with van der Waals surface area (Å²) in [6.07, 6.45) is 15.3. The first-order chi connectivity index (χ1) is 10.2. The molecule has 136 valence electrons. The summed E-state index contributed by atoms with van der Waals surface area (Å²) in [7, 11) is 0. The first kappa shape index (κ1) is 24.1. The lowest BCUT2D eigenvalue weighted by atomic mass is 9.80. The monoisotopic (exact) mass is 319 g/mol. The molecule has 0 atom stereocenters. The Hall–Kier alpha value is -0.160. The minimum absolute atomic E-state index is 0. The molecule has 0 aromatic carbocycles. The second-order valence-electron chi connectivity index (χ2n) is 6.58. The highest BCUT2D eigenvalue weighted by Gasteiger charge is 2.27. The molecule has 0 rings (SSSR count). The lowest BCUT2D eigenvalue weighted by molar-refractivity contribution is 0.0321. The normalized spacial score (nSPS) is 11.5. The van der Waals surface area contributed by atoms with Crippen LogP contribution in [-0.4, -0.2) is 35.1 Å². The van der Waals surface area contributed by atoms with Crippen molar-refractivity contribution in [2.24, 2.45) is 5.41 Å². The Balaban J connectivity index is 0. The number of hydrogen-bond acceptors (Lipinski definition) is 4. The highest BCUT2D eigenvalue weighted by atomic mass is 16.3. The third-order valence-corrected chi connectivity index (χ3v) is 4.60. The molecule has 4 nitrogen and oxygen atoms in total. The maximum absolute atomic E-state index is 9.51. The number of aliphatic hydroxyl groups is 3. The van der Waals surface area contributed by atoms with Crippen LogP contribution in [0.15, 0.2) is 0 Å². The Kier molecular flexibility index (Phi) is 18.8. The molecule has 0 aliphatic carbocycles. The van der Waals surface area contributed by atoms with E-state index in [1.807, 2.05) is 0 Å². The first-order valence-electron chi connectivity index (χ1n) is 9.07. The van der Waals surface area contributed by atoms with Crippen molar-refractivity contribution in [3.05, 3.63) is 0 Å². The van der Waals surface area contributed by atoms with Crippen molar-refractivity contribution in [1.29, 1.82) is 0 Å². The summed E-state index contributed by atoms with van der Waals surface area (Å²) in [5.74, 6) is 0. The van der Waals surface area contributed by atoms with Gasteiger partial charge in [-0.3, -0.25) is 0 Å². The van der Waals surface area contributed by atoms with Crippen molar-refractivity contribution in [2.45, 2.75) is 90.4 Å². The SMILES string of the molecule is CCCCCCCCCCCCC(CO)(CO)CCCO.N. The van der Waals surface area contributed by atoms with E-state index >= 15 is 0 Å². The molecule has 0 aliphatic heterocycles. The van der Waals surface area contributed by atoms with E-state index in [2.05, 4.69) is 6.92 Å². The molecule has 0 aromatic heterocycles. The minimum Gasteiger partial charge on any atom is -0.396 e. The smallest absolute Gasteiger partial charge is 0.0509 e. The Labute approximate surface area is 137 Å². The van der Waals surface area contributed by atoms with Crippen LogP contribution in [-0.2, 0) is 0 Å². The standard InChI is InChI=1S/C18H38O3.H3N/c1-2-3-4-5-6-7-8-9-10-11-13-18(16-20,17-21)14-12-15-19;/h19-21H,2-17H2,1H3;1H3. The minimum atomic E-state index is -0.372. The predicted octanol–water partition coefficient (Wildman–Crippen LogP) is 4.20. The summed E-state index contributed by atoms with van der Waals surface area (Å²) in [5.41, 5.74) is -0.372. The highest BCUT2D eigenvalue weighted by Crippen LogP contribution is 2.29. The van der Waals surface area contributed by atoms with Crippen LogP contribution in [0.2, 0.25) is 0 Å². The molecule has 0 aromatic rings. The summed E-state index contributed by atoms with van der Waals surface area (Å²) in [6, 6.07) is 0. The molecule has 0 spiro atoms. The summed E-state index contributed by atoms with van der Waals surface area (Å²) in [4.78, 5) is 0. The molecule has 0 saturated carbocycles. The van der Waals surface area contributed by atoms with Crippen molar-refractivity contribution in [1.82, 2.24) is 6.15 Å². The van der Waals surface area contributed by atoms with Crippen molar-refractivity contribution in [2.75, 3.05) is 19.8 Å². The molecule has 0 heterocycles. The number of rotatable bonds is 16. The second-order valence-corrected chi connectivity index (χ2v) is 6.58. The average Bonchev–Trinajstić information content (AvgIpc) is 2.52. The topological polar surface area (TPSA) is 95.7 Å². The van der Waals surface area contributed by atoms with Crippen molar-refractivity contribution < 1.29 is 15.3 Å². The fraction of sp³-hybridized carbons (Fsp3) is 1.00. The van der Waals surface area contributed by atoms with Crippen molar-refractivity contribution >= 4 is 0 Å². The van der Waals surface area contributed by atoms with Gasteiger partial charge in [0.05, 0.1) is 13.2 Å². The lowest BCUT2D eigenvalue weighted by Crippen LogP contribution is -2.30. The fourth-order valence-electron chi connectivity index (χ4n) is 2.93. The summed E-state index contributed by atoms with van der Waals surface area (Å²) < 4.78 is 0. The van der Waals surface area contributed by atoms with Gasteiger partial charge in [0.1, 0.15) is 0 Å². The summed E-state index contributed by atoms with van der Waals surface area (Å²) in [5, 5.41) is 27.9. The van der Waals surface area contributed by atoms with Gasteiger partial charge in [-0.05, 0) is 19.3 Å². The highest BCUT2D eigenvalue weighted by molar-refractivity contribution is 4.77. The Bertz CT molecular complexity index is 209. The zero-order chi connectivity index (χ0) is 15.8. The van der Waals surface area contributed by atoms with E-state index in [4.69, 9.17) is 5.11 Å². The molecule has 0 aliphatic rings. The van der Waals surface area contributed by atoms with E-state index in [0.29, 0.717) is 12.8 Å². The number of hydrogen-bond donors (Lipinski definition) is 4. The molecule has 0 radical (unpaired) electrons. The van der Waals surface area contributed by atoms with Crippen LogP contribution in [0.4, 0.5) is 0 Å². The van der Waals surface area contributed by atoms with Crippen molar-refractivity contribution in [3.8, 4) is 0 Å². The first-order valence-corrected chi connectivity index (χ1v) is 9.07. The summed E-state index contributed by atoms with van der Waals surface area (Å²) >= 11 is 0. The van der Waals surface area contributed by atoms with E-state index in [1.54, 1.807) is 0 Å². The fourth-order valence-corrected chi connectivity index (χ4v) is 2.93. The van der Waals surface area contributed by atoms with Gasteiger partial charge in [0.15, 0.2) is 0 Å². The van der Waals surface area contributed by atoms with Crippen LogP contribution in [0.5, 0.6) is 0 Å². The largest absolute Gasteiger partial charge is 0.396 e. The zero-order valence-corrected chi connectivity index (χ0v) is 14.9. The molecular weight excluding hydrogens is 278 g/mol. The van der Waals surface area contributed by atoms with Crippen LogP contribution in [0.3, 0.4) is 0 Å². The quantitative estimate of drug-likeness (QED) is 0.321. The van der Waals surface area contributed by atoms with Gasteiger partial charge < -0.3 is 21.5 Å². The molecular formula is C18H41NO3. The molecule has 0 saturated heterocycles. The van der Waals surface area contributed by atoms with Crippen LogP contribution in [0, 0.1) is 5.41 Å². The number of aliphatic hydroxyl groups excluding tert-OH is 3. The molecule has 0 bridgehead atoms. The third-order valence-electron chi connectivity index (χ3n) is 4.60. The van der Waals surface area contributed by atoms with E-state index in [1.165, 1.54) is 57.8 Å². The maximum Gasteiger partial charge on any atom is 0.0509 e. The van der Waals surface area contributed by atoms with Gasteiger partial charge in [0.25, 0.3) is 0 Å². The summed E-state index contributed by atoms with van der Waals surface area (Å²) in [6.45, 7) is 2.45. The van der Waals surface area contributed by atoms with Gasteiger partial charge in [-0.2, -0.15) is 0 Å². The molecule has 6 N–H and O–H groups in total. The van der Waals surface area contributed by atoms with Gasteiger partial charge in [0, 0.05) is 12.0 Å². The molecule has 0 amide bonds. The van der Waals surface area contributed by atoms with Gasteiger partial charge in [-0.25, -0.2) is 0 Å². The van der Waals surface area contributed by atoms with Gasteiger partial charge in [-0.15, -0.1) is 0 Å². The van der Waals surface area contributed by atoms with Crippen LogP contribution in [0.1, 0.15) is 90.4 Å². The molecule has 4 heteroatoms. The lowest BCUT2D eigenvalue weighted by Gasteiger charge is -2.29. The second kappa shape index (κ2) is 17.2. The van der Waals surface area contributed by atoms with Gasteiger partial charge >= 0.3 is 0 Å². The predicted molar refractivity (Wildman–Crippen MR) is 94.4 cm³/mol. The molecule has 0 unspecified atom stereocenters. The molecule has 22 heavy (non-hydrogen) atoms. The Morgan fingerprint density at radius 3 is 1.41 bits per heavy atom. The van der Waals surface area contributed by atoms with Crippen LogP contribution >= 0.6 is 0 Å². The Morgan fingerprint density at radius 1 is 0.591 bits per heavy atom. The Morgan fingerprint density at radius 2 is 1.00 bits per heavy atom.